The Hall–Kier alpha value is -3.04. The van der Waals surface area contributed by atoms with Crippen LogP contribution in [0.25, 0.3) is 0 Å². The van der Waals surface area contributed by atoms with Crippen LogP contribution in [0.15, 0.2) is 18.2 Å². The van der Waals surface area contributed by atoms with Crippen LogP contribution in [0.5, 0.6) is 0 Å². The maximum absolute atomic E-state index is 13.5. The van der Waals surface area contributed by atoms with Gasteiger partial charge in [-0.05, 0) is 54.2 Å². The zero-order valence-electron chi connectivity index (χ0n) is 19.3. The van der Waals surface area contributed by atoms with Gasteiger partial charge in [0.05, 0.1) is 0 Å². The average Bonchev–Trinajstić information content (AvgIpc) is 3.10. The highest BCUT2D eigenvalue weighted by Gasteiger charge is 2.69. The lowest BCUT2D eigenvalue weighted by Crippen LogP contribution is -2.55. The van der Waals surface area contributed by atoms with Gasteiger partial charge in [-0.3, -0.25) is 19.2 Å². The molecule has 1 aromatic carbocycles. The lowest BCUT2D eigenvalue weighted by molar-refractivity contribution is -0.141. The molecule has 8 nitrogen and oxygen atoms in total. The van der Waals surface area contributed by atoms with Gasteiger partial charge in [-0.2, -0.15) is 0 Å². The summed E-state index contributed by atoms with van der Waals surface area (Å²) in [4.78, 5) is 51.8. The van der Waals surface area contributed by atoms with Gasteiger partial charge in [-0.1, -0.05) is 13.8 Å². The number of benzene rings is 1. The van der Waals surface area contributed by atoms with Crippen LogP contribution in [0.3, 0.4) is 0 Å². The van der Waals surface area contributed by atoms with Crippen molar-refractivity contribution in [1.29, 1.82) is 0 Å². The molecular formula is C24H30F2N4O4. The Morgan fingerprint density at radius 2 is 1.91 bits per heavy atom. The average molecular weight is 477 g/mol. The summed E-state index contributed by atoms with van der Waals surface area (Å²) in [5.74, 6) is -3.41. The van der Waals surface area contributed by atoms with E-state index in [-0.39, 0.29) is 48.3 Å². The van der Waals surface area contributed by atoms with Crippen molar-refractivity contribution in [1.82, 2.24) is 15.5 Å². The van der Waals surface area contributed by atoms with Gasteiger partial charge in [0.1, 0.15) is 23.7 Å². The SMILES string of the molecule is CC1(C)[C@@H]2[C@@H](C(=O)NC(C[C@@H]3CCNC3=O)C(N)=O)N(C(=O)CCc3cc(F)cc(F)c3)C[C@@H]21. The first-order valence-corrected chi connectivity index (χ1v) is 11.6. The Labute approximate surface area is 196 Å². The van der Waals surface area contributed by atoms with E-state index < -0.39 is 41.5 Å². The maximum Gasteiger partial charge on any atom is 0.243 e. The van der Waals surface area contributed by atoms with E-state index in [1.54, 1.807) is 0 Å². The first-order chi connectivity index (χ1) is 16.0. The monoisotopic (exact) mass is 476 g/mol. The van der Waals surface area contributed by atoms with Crippen LogP contribution >= 0.6 is 0 Å². The number of carbonyl (C=O) groups is 4. The minimum Gasteiger partial charge on any atom is -0.368 e. The summed E-state index contributed by atoms with van der Waals surface area (Å²) in [5, 5.41) is 5.39. The van der Waals surface area contributed by atoms with Crippen LogP contribution < -0.4 is 16.4 Å². The van der Waals surface area contributed by atoms with Crippen molar-refractivity contribution in [2.75, 3.05) is 13.1 Å². The van der Waals surface area contributed by atoms with Gasteiger partial charge in [0.25, 0.3) is 0 Å². The largest absolute Gasteiger partial charge is 0.368 e. The molecule has 2 aliphatic heterocycles. The van der Waals surface area contributed by atoms with Crippen LogP contribution in [0.4, 0.5) is 8.78 Å². The van der Waals surface area contributed by atoms with Crippen molar-refractivity contribution >= 4 is 23.6 Å². The predicted molar refractivity (Wildman–Crippen MR) is 118 cm³/mol. The molecule has 0 aromatic heterocycles. The first kappa shape index (κ1) is 24.1. The Balaban J connectivity index is 1.44. The molecule has 4 amide bonds. The van der Waals surface area contributed by atoms with Gasteiger partial charge in [0.15, 0.2) is 0 Å². The number of likely N-dealkylation sites (tertiary alicyclic amines) is 1. The molecule has 5 atom stereocenters. The number of nitrogens with two attached hydrogens (primary N) is 1. The zero-order valence-corrected chi connectivity index (χ0v) is 19.3. The minimum absolute atomic E-state index is 0.00592. The summed E-state index contributed by atoms with van der Waals surface area (Å²) in [6, 6.07) is 1.35. The van der Waals surface area contributed by atoms with Crippen LogP contribution in [-0.2, 0) is 25.6 Å². The van der Waals surface area contributed by atoms with Gasteiger partial charge < -0.3 is 21.3 Å². The van der Waals surface area contributed by atoms with Crippen molar-refractivity contribution in [3.8, 4) is 0 Å². The highest BCUT2D eigenvalue weighted by atomic mass is 19.1. The third-order valence-corrected chi connectivity index (χ3v) is 7.69. The van der Waals surface area contributed by atoms with Crippen molar-refractivity contribution in [3.63, 3.8) is 0 Å². The van der Waals surface area contributed by atoms with Gasteiger partial charge in [-0.15, -0.1) is 0 Å². The van der Waals surface area contributed by atoms with E-state index in [1.807, 2.05) is 13.8 Å². The van der Waals surface area contributed by atoms with Crippen LogP contribution in [0.2, 0.25) is 0 Å². The minimum atomic E-state index is -1.02. The molecule has 1 saturated carbocycles. The number of nitrogens with zero attached hydrogens (tertiary/aromatic N) is 1. The van der Waals surface area contributed by atoms with E-state index in [0.29, 0.717) is 25.1 Å². The fourth-order valence-corrected chi connectivity index (χ4v) is 5.65. The Kier molecular flexibility index (Phi) is 6.35. The van der Waals surface area contributed by atoms with E-state index in [9.17, 15) is 28.0 Å². The highest BCUT2D eigenvalue weighted by molar-refractivity contribution is 5.93. The van der Waals surface area contributed by atoms with E-state index in [1.165, 1.54) is 17.0 Å². The Morgan fingerprint density at radius 3 is 2.50 bits per heavy atom. The maximum atomic E-state index is 13.5. The number of hydrogen-bond donors (Lipinski definition) is 3. The number of carbonyl (C=O) groups excluding carboxylic acids is 4. The van der Waals surface area contributed by atoms with Gasteiger partial charge >= 0.3 is 0 Å². The van der Waals surface area contributed by atoms with E-state index in [4.69, 9.17) is 5.73 Å². The number of halogens is 2. The molecule has 184 valence electrons. The molecular weight excluding hydrogens is 446 g/mol. The van der Waals surface area contributed by atoms with Gasteiger partial charge in [0.2, 0.25) is 23.6 Å². The number of hydrogen-bond acceptors (Lipinski definition) is 4. The molecule has 1 unspecified atom stereocenters. The lowest BCUT2D eigenvalue weighted by Gasteiger charge is -2.31. The molecule has 2 heterocycles. The van der Waals surface area contributed by atoms with E-state index in [2.05, 4.69) is 10.6 Å². The fourth-order valence-electron chi connectivity index (χ4n) is 5.65. The van der Waals surface area contributed by atoms with E-state index in [0.717, 1.165) is 6.07 Å². The smallest absolute Gasteiger partial charge is 0.243 e. The Morgan fingerprint density at radius 1 is 1.24 bits per heavy atom. The molecule has 3 fully saturated rings. The highest BCUT2D eigenvalue weighted by Crippen LogP contribution is 2.64. The van der Waals surface area contributed by atoms with Gasteiger partial charge in [-0.25, -0.2) is 8.78 Å². The normalized spacial score (nSPS) is 27.6. The van der Waals surface area contributed by atoms with Gasteiger partial charge in [0, 0.05) is 31.5 Å². The molecule has 1 aromatic rings. The number of aryl methyl sites for hydroxylation is 1. The molecule has 34 heavy (non-hydrogen) atoms. The quantitative estimate of drug-likeness (QED) is 0.516. The van der Waals surface area contributed by atoms with Crippen LogP contribution in [0, 0.1) is 34.8 Å². The molecule has 2 saturated heterocycles. The second-order valence-electron chi connectivity index (χ2n) is 10.2. The second kappa shape index (κ2) is 8.96. The molecule has 4 rings (SSSR count). The molecule has 0 spiro atoms. The number of nitrogens with one attached hydrogen (secondary N) is 2. The summed E-state index contributed by atoms with van der Waals surface area (Å²) in [5.41, 5.74) is 5.74. The fraction of sp³-hybridized carbons (Fsp3) is 0.583. The molecule has 4 N–H and O–H groups in total. The van der Waals surface area contributed by atoms with Crippen molar-refractivity contribution < 1.29 is 28.0 Å². The molecule has 1 aliphatic carbocycles. The topological polar surface area (TPSA) is 122 Å². The molecule has 10 heteroatoms. The van der Waals surface area contributed by atoms with Crippen molar-refractivity contribution in [3.05, 3.63) is 35.4 Å². The number of fused-ring (bicyclic) bond motifs is 1. The number of amides is 4. The van der Waals surface area contributed by atoms with Crippen LogP contribution in [-0.4, -0.2) is 53.7 Å². The number of primary amides is 1. The van der Waals surface area contributed by atoms with E-state index >= 15 is 0 Å². The predicted octanol–water partition coefficient (Wildman–Crippen LogP) is 0.877. The summed E-state index contributed by atoms with van der Waals surface area (Å²) < 4.78 is 26.9. The standard InChI is InChI=1S/C24H30F2N4O4/c1-24(2)16-11-30(18(31)4-3-12-7-14(25)10-15(26)8-12)20(19(16)24)23(34)29-17(21(27)32)9-13-5-6-28-22(13)33/h7-8,10,13,16-17,19-20H,3-6,9,11H2,1-2H3,(H2,27,32)(H,28,33)(H,29,34)/t13-,16-,17?,19-,20-/m0/s1. The molecule has 0 radical (unpaired) electrons. The summed E-state index contributed by atoms with van der Waals surface area (Å²) in [6.07, 6.45) is 0.799. The summed E-state index contributed by atoms with van der Waals surface area (Å²) in [7, 11) is 0. The first-order valence-electron chi connectivity index (χ1n) is 11.6. The second-order valence-corrected chi connectivity index (χ2v) is 10.2. The molecule has 0 bridgehead atoms. The summed E-state index contributed by atoms with van der Waals surface area (Å²) in [6.45, 7) is 4.99. The lowest BCUT2D eigenvalue weighted by atomic mass is 9.96. The Bertz CT molecular complexity index is 1010. The summed E-state index contributed by atoms with van der Waals surface area (Å²) >= 11 is 0. The van der Waals surface area contributed by atoms with Crippen molar-refractivity contribution in [2.24, 2.45) is 28.9 Å². The zero-order chi connectivity index (χ0) is 24.8. The van der Waals surface area contributed by atoms with Crippen molar-refractivity contribution in [2.45, 2.75) is 51.6 Å². The molecule has 3 aliphatic rings. The third-order valence-electron chi connectivity index (χ3n) is 7.69. The number of rotatable bonds is 8. The number of piperidine rings is 1. The van der Waals surface area contributed by atoms with Crippen LogP contribution in [0.1, 0.15) is 38.7 Å². The third kappa shape index (κ3) is 4.63.